The summed E-state index contributed by atoms with van der Waals surface area (Å²) in [5.41, 5.74) is 0.909. The van der Waals surface area contributed by atoms with Crippen LogP contribution < -0.4 is 9.46 Å². The number of benzene rings is 1. The summed E-state index contributed by atoms with van der Waals surface area (Å²) in [5, 5.41) is 2.07. The Balaban J connectivity index is 1.87. The third-order valence-electron chi connectivity index (χ3n) is 5.13. The molecule has 0 spiro atoms. The molecule has 1 fully saturated rings. The van der Waals surface area contributed by atoms with Crippen molar-refractivity contribution in [3.8, 4) is 5.75 Å². The molecule has 1 N–H and O–H groups in total. The zero-order valence-corrected chi connectivity index (χ0v) is 16.4. The van der Waals surface area contributed by atoms with E-state index in [0.29, 0.717) is 12.3 Å². The lowest BCUT2D eigenvalue weighted by atomic mass is 9.85. The highest BCUT2D eigenvalue weighted by molar-refractivity contribution is 7.89. The quantitative estimate of drug-likeness (QED) is 0.788. The summed E-state index contributed by atoms with van der Waals surface area (Å²) in [6.07, 6.45) is 5.14. The molecule has 1 aliphatic rings. The van der Waals surface area contributed by atoms with Crippen molar-refractivity contribution >= 4 is 21.4 Å². The molecule has 1 aromatic carbocycles. The van der Waals surface area contributed by atoms with Crippen LogP contribution in [0.1, 0.15) is 43.0 Å². The Bertz CT molecular complexity index is 807. The van der Waals surface area contributed by atoms with Crippen LogP contribution in [0.3, 0.4) is 0 Å². The van der Waals surface area contributed by atoms with E-state index < -0.39 is 10.0 Å². The highest BCUT2D eigenvalue weighted by Gasteiger charge is 2.37. The zero-order chi connectivity index (χ0) is 17.9. The minimum absolute atomic E-state index is 0.0726. The number of nitrogens with one attached hydrogen (secondary N) is 1. The summed E-state index contributed by atoms with van der Waals surface area (Å²) in [4.78, 5) is 1.51. The SMILES string of the molecule is CCc1ccc(OC)c(S(=O)(=O)NCC2(c3cccs3)CCCC2)c1. The molecule has 1 aliphatic carbocycles. The molecule has 3 rings (SSSR count). The Morgan fingerprint density at radius 1 is 1.24 bits per heavy atom. The number of thiophene rings is 1. The maximum Gasteiger partial charge on any atom is 0.244 e. The van der Waals surface area contributed by atoms with E-state index in [9.17, 15) is 8.42 Å². The second kappa shape index (κ2) is 7.48. The van der Waals surface area contributed by atoms with E-state index in [-0.39, 0.29) is 10.3 Å². The minimum Gasteiger partial charge on any atom is -0.495 e. The monoisotopic (exact) mass is 379 g/mol. The smallest absolute Gasteiger partial charge is 0.244 e. The van der Waals surface area contributed by atoms with E-state index in [1.165, 1.54) is 12.0 Å². The predicted octanol–water partition coefficient (Wildman–Crippen LogP) is 4.11. The molecule has 0 atom stereocenters. The van der Waals surface area contributed by atoms with Gasteiger partial charge in [-0.2, -0.15) is 0 Å². The van der Waals surface area contributed by atoms with Crippen molar-refractivity contribution in [2.24, 2.45) is 0 Å². The molecule has 136 valence electrons. The van der Waals surface area contributed by atoms with Gasteiger partial charge in [-0.05, 0) is 48.4 Å². The van der Waals surface area contributed by atoms with Crippen LogP contribution in [-0.2, 0) is 21.9 Å². The average Bonchev–Trinajstić information content (AvgIpc) is 3.31. The molecule has 0 bridgehead atoms. The van der Waals surface area contributed by atoms with Crippen molar-refractivity contribution in [2.75, 3.05) is 13.7 Å². The lowest BCUT2D eigenvalue weighted by molar-refractivity contribution is 0.400. The van der Waals surface area contributed by atoms with Crippen LogP contribution in [0, 0.1) is 0 Å². The molecule has 2 aromatic rings. The molecule has 0 aliphatic heterocycles. The van der Waals surface area contributed by atoms with Crippen LogP contribution >= 0.6 is 11.3 Å². The van der Waals surface area contributed by atoms with Gasteiger partial charge < -0.3 is 4.74 Å². The largest absolute Gasteiger partial charge is 0.495 e. The molecule has 0 saturated heterocycles. The maximum atomic E-state index is 13.0. The van der Waals surface area contributed by atoms with Gasteiger partial charge in [0.1, 0.15) is 10.6 Å². The molecule has 0 amide bonds. The third kappa shape index (κ3) is 3.76. The normalized spacial score (nSPS) is 16.9. The number of sulfonamides is 1. The summed E-state index contributed by atoms with van der Waals surface area (Å²) < 4.78 is 34.1. The molecule has 6 heteroatoms. The van der Waals surface area contributed by atoms with Crippen molar-refractivity contribution in [1.82, 2.24) is 4.72 Å². The second-order valence-electron chi connectivity index (χ2n) is 6.63. The summed E-state index contributed by atoms with van der Waals surface area (Å²) in [5.74, 6) is 0.390. The van der Waals surface area contributed by atoms with Crippen LogP contribution in [-0.4, -0.2) is 22.1 Å². The number of rotatable bonds is 7. The summed E-state index contributed by atoms with van der Waals surface area (Å²) in [6, 6.07) is 9.53. The van der Waals surface area contributed by atoms with Crippen LogP contribution in [0.15, 0.2) is 40.6 Å². The van der Waals surface area contributed by atoms with Gasteiger partial charge in [-0.15, -0.1) is 11.3 Å². The molecule has 1 heterocycles. The highest BCUT2D eigenvalue weighted by Crippen LogP contribution is 2.43. The van der Waals surface area contributed by atoms with Crippen LogP contribution in [0.25, 0.3) is 0 Å². The zero-order valence-electron chi connectivity index (χ0n) is 14.7. The molecular formula is C19H25NO3S2. The Hall–Kier alpha value is -1.37. The standard InChI is InChI=1S/C19H25NO3S2/c1-3-15-8-9-16(23-2)17(13-15)25(21,22)20-14-19(10-4-5-11-19)18-7-6-12-24-18/h6-9,12-13,20H,3-5,10-11,14H2,1-2H3. The van der Waals surface area contributed by atoms with Gasteiger partial charge in [0.15, 0.2) is 0 Å². The fraction of sp³-hybridized carbons (Fsp3) is 0.474. The van der Waals surface area contributed by atoms with E-state index in [0.717, 1.165) is 37.7 Å². The first-order valence-corrected chi connectivity index (χ1v) is 11.1. The van der Waals surface area contributed by atoms with Gasteiger partial charge in [0, 0.05) is 16.8 Å². The number of hydrogen-bond acceptors (Lipinski definition) is 4. The lowest BCUT2D eigenvalue weighted by Gasteiger charge is -2.28. The molecule has 0 unspecified atom stereocenters. The summed E-state index contributed by atoms with van der Waals surface area (Å²) >= 11 is 1.72. The van der Waals surface area contributed by atoms with Crippen LogP contribution in [0.5, 0.6) is 5.75 Å². The van der Waals surface area contributed by atoms with Crippen molar-refractivity contribution < 1.29 is 13.2 Å². The highest BCUT2D eigenvalue weighted by atomic mass is 32.2. The molecule has 0 radical (unpaired) electrons. The number of methoxy groups -OCH3 is 1. The summed E-state index contributed by atoms with van der Waals surface area (Å²) in [7, 11) is -2.12. The van der Waals surface area contributed by atoms with Gasteiger partial charge in [-0.3, -0.25) is 0 Å². The topological polar surface area (TPSA) is 55.4 Å². The lowest BCUT2D eigenvalue weighted by Crippen LogP contribution is -2.38. The van der Waals surface area contributed by atoms with Crippen LogP contribution in [0.2, 0.25) is 0 Å². The van der Waals surface area contributed by atoms with Gasteiger partial charge in [-0.25, -0.2) is 13.1 Å². The Morgan fingerprint density at radius 2 is 2.00 bits per heavy atom. The van der Waals surface area contributed by atoms with Gasteiger partial charge in [0.2, 0.25) is 10.0 Å². The molecule has 25 heavy (non-hydrogen) atoms. The minimum atomic E-state index is -3.62. The van der Waals surface area contributed by atoms with Crippen molar-refractivity contribution in [3.05, 3.63) is 46.2 Å². The van der Waals surface area contributed by atoms with Crippen molar-refractivity contribution in [1.29, 1.82) is 0 Å². The van der Waals surface area contributed by atoms with Crippen LogP contribution in [0.4, 0.5) is 0 Å². The Labute approximate surface area is 154 Å². The van der Waals surface area contributed by atoms with Crippen molar-refractivity contribution in [2.45, 2.75) is 49.3 Å². The molecule has 4 nitrogen and oxygen atoms in total. The molecular weight excluding hydrogens is 354 g/mol. The van der Waals surface area contributed by atoms with E-state index in [2.05, 4.69) is 16.2 Å². The molecule has 1 saturated carbocycles. The Morgan fingerprint density at radius 3 is 2.60 bits per heavy atom. The first-order chi connectivity index (χ1) is 12.0. The van der Waals surface area contributed by atoms with Gasteiger partial charge >= 0.3 is 0 Å². The fourth-order valence-corrected chi connectivity index (χ4v) is 5.94. The van der Waals surface area contributed by atoms with E-state index in [1.807, 2.05) is 19.1 Å². The Kier molecular flexibility index (Phi) is 5.51. The van der Waals surface area contributed by atoms with Gasteiger partial charge in [0.05, 0.1) is 7.11 Å². The number of aryl methyl sites for hydroxylation is 1. The molecule has 1 aromatic heterocycles. The fourth-order valence-electron chi connectivity index (χ4n) is 3.60. The second-order valence-corrected chi connectivity index (χ2v) is 9.31. The first kappa shape index (κ1) is 18.4. The van der Waals surface area contributed by atoms with E-state index in [1.54, 1.807) is 23.5 Å². The van der Waals surface area contributed by atoms with Gasteiger partial charge in [0.25, 0.3) is 0 Å². The van der Waals surface area contributed by atoms with Crippen molar-refractivity contribution in [3.63, 3.8) is 0 Å². The van der Waals surface area contributed by atoms with Gasteiger partial charge in [-0.1, -0.05) is 31.9 Å². The maximum absolute atomic E-state index is 13.0. The number of hydrogen-bond donors (Lipinski definition) is 1. The van der Waals surface area contributed by atoms with E-state index in [4.69, 9.17) is 4.74 Å². The average molecular weight is 380 g/mol. The number of ether oxygens (including phenoxy) is 1. The first-order valence-electron chi connectivity index (χ1n) is 8.71. The summed E-state index contributed by atoms with van der Waals surface area (Å²) in [6.45, 7) is 2.45. The van der Waals surface area contributed by atoms with E-state index >= 15 is 0 Å². The third-order valence-corrected chi connectivity index (χ3v) is 7.67. The predicted molar refractivity (Wildman–Crippen MR) is 102 cm³/mol.